The number of hydrogen-bond acceptors (Lipinski definition) is 6. The minimum absolute atomic E-state index is 0.784. The summed E-state index contributed by atoms with van der Waals surface area (Å²) < 4.78 is 7.26. The van der Waals surface area contributed by atoms with Crippen LogP contribution in [-0.2, 0) is 6.54 Å². The van der Waals surface area contributed by atoms with Crippen molar-refractivity contribution < 1.29 is 4.42 Å². The van der Waals surface area contributed by atoms with Crippen LogP contribution in [0.1, 0.15) is 31.5 Å². The van der Waals surface area contributed by atoms with Crippen LogP contribution in [0.2, 0.25) is 0 Å². The molecule has 1 aliphatic rings. The fourth-order valence-corrected chi connectivity index (χ4v) is 3.58. The molecule has 0 unspecified atom stereocenters. The average Bonchev–Trinajstić information content (AvgIpc) is 3.15. The number of hydrogen-bond donors (Lipinski definition) is 0. The van der Waals surface area contributed by atoms with Gasteiger partial charge in [-0.3, -0.25) is 4.90 Å². The highest BCUT2D eigenvalue weighted by Crippen LogP contribution is 2.26. The van der Waals surface area contributed by atoms with Crippen LogP contribution in [0.3, 0.4) is 0 Å². The van der Waals surface area contributed by atoms with E-state index in [1.165, 1.54) is 37.0 Å². The Morgan fingerprint density at radius 1 is 1.14 bits per heavy atom. The summed E-state index contributed by atoms with van der Waals surface area (Å²) in [6.45, 7) is 3.11. The minimum atomic E-state index is 0.784. The number of aromatic nitrogens is 4. The van der Waals surface area contributed by atoms with E-state index in [0.29, 0.717) is 0 Å². The van der Waals surface area contributed by atoms with Crippen molar-refractivity contribution in [3.63, 3.8) is 0 Å². The Labute approximate surface area is 126 Å². The quantitative estimate of drug-likeness (QED) is 0.744. The molecule has 1 saturated heterocycles. The molecule has 0 bridgehead atoms. The van der Waals surface area contributed by atoms with Crippen LogP contribution in [0.25, 0.3) is 15.7 Å². The van der Waals surface area contributed by atoms with Crippen LogP contribution >= 0.6 is 11.3 Å². The van der Waals surface area contributed by atoms with Gasteiger partial charge >= 0.3 is 0 Å². The summed E-state index contributed by atoms with van der Waals surface area (Å²) in [5.41, 5.74) is 0. The molecule has 4 heterocycles. The lowest BCUT2D eigenvalue weighted by atomic mass is 10.2. The fraction of sp³-hybridized carbons (Fsp3) is 0.500. The van der Waals surface area contributed by atoms with Crippen molar-refractivity contribution in [2.24, 2.45) is 0 Å². The SMILES string of the molecule is c1coc(-c2nn3c(CN4CCCCCC4)nnc3s2)c1. The second kappa shape index (κ2) is 5.57. The van der Waals surface area contributed by atoms with E-state index < -0.39 is 0 Å². The number of nitrogens with zero attached hydrogens (tertiary/aromatic N) is 5. The molecule has 0 amide bonds. The molecule has 0 spiro atoms. The van der Waals surface area contributed by atoms with E-state index in [4.69, 9.17) is 4.42 Å². The Morgan fingerprint density at radius 2 is 2.00 bits per heavy atom. The van der Waals surface area contributed by atoms with Gasteiger partial charge in [-0.1, -0.05) is 24.2 Å². The smallest absolute Gasteiger partial charge is 0.235 e. The van der Waals surface area contributed by atoms with E-state index in [1.54, 1.807) is 6.26 Å². The van der Waals surface area contributed by atoms with Gasteiger partial charge in [-0.25, -0.2) is 0 Å². The first-order chi connectivity index (χ1) is 10.4. The second-order valence-electron chi connectivity index (χ2n) is 5.39. The van der Waals surface area contributed by atoms with Gasteiger partial charge < -0.3 is 4.42 Å². The first kappa shape index (κ1) is 13.0. The molecule has 0 N–H and O–H groups in total. The fourth-order valence-electron chi connectivity index (χ4n) is 2.75. The maximum atomic E-state index is 5.40. The molecular formula is C14H17N5OS. The predicted octanol–water partition coefficient (Wildman–Crippen LogP) is 2.82. The van der Waals surface area contributed by atoms with Crippen molar-refractivity contribution in [1.29, 1.82) is 0 Å². The molecule has 21 heavy (non-hydrogen) atoms. The highest BCUT2D eigenvalue weighted by atomic mass is 32.1. The molecule has 0 saturated carbocycles. The zero-order valence-corrected chi connectivity index (χ0v) is 12.6. The van der Waals surface area contributed by atoms with Gasteiger partial charge in [0.25, 0.3) is 0 Å². The Morgan fingerprint density at radius 3 is 2.76 bits per heavy atom. The molecule has 110 valence electrons. The zero-order valence-electron chi connectivity index (χ0n) is 11.7. The minimum Gasteiger partial charge on any atom is -0.462 e. The van der Waals surface area contributed by atoms with Gasteiger partial charge in [-0.2, -0.15) is 4.52 Å². The van der Waals surface area contributed by atoms with Gasteiger partial charge in [-0.15, -0.1) is 15.3 Å². The lowest BCUT2D eigenvalue weighted by molar-refractivity contribution is 0.268. The summed E-state index contributed by atoms with van der Waals surface area (Å²) >= 11 is 1.51. The summed E-state index contributed by atoms with van der Waals surface area (Å²) in [7, 11) is 0. The van der Waals surface area contributed by atoms with Crippen molar-refractivity contribution in [3.8, 4) is 10.8 Å². The maximum absolute atomic E-state index is 5.40. The molecule has 1 fully saturated rings. The van der Waals surface area contributed by atoms with E-state index in [-0.39, 0.29) is 0 Å². The molecule has 0 aliphatic carbocycles. The predicted molar refractivity (Wildman–Crippen MR) is 80.1 cm³/mol. The van der Waals surface area contributed by atoms with Crippen molar-refractivity contribution in [3.05, 3.63) is 24.2 Å². The molecule has 0 radical (unpaired) electrons. The average molecular weight is 303 g/mol. The Balaban J connectivity index is 1.60. The number of furan rings is 1. The van der Waals surface area contributed by atoms with Crippen LogP contribution < -0.4 is 0 Å². The topological polar surface area (TPSA) is 59.5 Å². The van der Waals surface area contributed by atoms with Crippen LogP contribution in [-0.4, -0.2) is 37.8 Å². The third kappa shape index (κ3) is 2.58. The number of rotatable bonds is 3. The lowest BCUT2D eigenvalue weighted by Crippen LogP contribution is -2.25. The summed E-state index contributed by atoms with van der Waals surface area (Å²) in [6.07, 6.45) is 6.89. The summed E-state index contributed by atoms with van der Waals surface area (Å²) in [5.74, 6) is 1.70. The standard InChI is InChI=1S/C14H17N5OS/c1-2-4-8-18(7-3-1)10-12-15-16-14-19(12)17-13(21-14)11-6-5-9-20-11/h5-6,9H,1-4,7-8,10H2. The monoisotopic (exact) mass is 303 g/mol. The molecule has 3 aromatic rings. The first-order valence-electron chi connectivity index (χ1n) is 7.37. The lowest BCUT2D eigenvalue weighted by Gasteiger charge is -2.17. The Kier molecular flexibility index (Phi) is 3.44. The summed E-state index contributed by atoms with van der Waals surface area (Å²) in [6, 6.07) is 3.79. The van der Waals surface area contributed by atoms with E-state index in [1.807, 2.05) is 16.6 Å². The normalized spacial score (nSPS) is 17.3. The van der Waals surface area contributed by atoms with E-state index >= 15 is 0 Å². The molecule has 1 aliphatic heterocycles. The van der Waals surface area contributed by atoms with E-state index in [9.17, 15) is 0 Å². The van der Waals surface area contributed by atoms with Gasteiger partial charge in [0.15, 0.2) is 16.6 Å². The molecule has 0 aromatic carbocycles. The summed E-state index contributed by atoms with van der Waals surface area (Å²) in [5, 5.41) is 14.0. The van der Waals surface area contributed by atoms with Gasteiger partial charge in [-0.05, 0) is 38.1 Å². The molecule has 7 heteroatoms. The van der Waals surface area contributed by atoms with Crippen molar-refractivity contribution in [2.75, 3.05) is 13.1 Å². The summed E-state index contributed by atoms with van der Waals surface area (Å²) in [4.78, 5) is 3.28. The maximum Gasteiger partial charge on any atom is 0.235 e. The molecule has 4 rings (SSSR count). The van der Waals surface area contributed by atoms with Crippen molar-refractivity contribution in [1.82, 2.24) is 24.7 Å². The van der Waals surface area contributed by atoms with Crippen LogP contribution in [0.4, 0.5) is 0 Å². The van der Waals surface area contributed by atoms with Crippen molar-refractivity contribution >= 4 is 16.3 Å². The Bertz CT molecular complexity index is 709. The van der Waals surface area contributed by atoms with Crippen molar-refractivity contribution in [2.45, 2.75) is 32.2 Å². The van der Waals surface area contributed by atoms with Gasteiger partial charge in [0.05, 0.1) is 12.8 Å². The largest absolute Gasteiger partial charge is 0.462 e. The molecule has 0 atom stereocenters. The van der Waals surface area contributed by atoms with Crippen LogP contribution in [0.5, 0.6) is 0 Å². The molecular weight excluding hydrogens is 286 g/mol. The first-order valence-corrected chi connectivity index (χ1v) is 8.19. The van der Waals surface area contributed by atoms with Gasteiger partial charge in [0, 0.05) is 0 Å². The van der Waals surface area contributed by atoms with Gasteiger partial charge in [0.1, 0.15) is 0 Å². The number of fused-ring (bicyclic) bond motifs is 1. The zero-order chi connectivity index (χ0) is 14.1. The van der Waals surface area contributed by atoms with E-state index in [0.717, 1.165) is 41.2 Å². The number of likely N-dealkylation sites (tertiary alicyclic amines) is 1. The van der Waals surface area contributed by atoms with E-state index in [2.05, 4.69) is 20.2 Å². The highest BCUT2D eigenvalue weighted by molar-refractivity contribution is 7.19. The highest BCUT2D eigenvalue weighted by Gasteiger charge is 2.17. The third-order valence-electron chi connectivity index (χ3n) is 3.85. The molecule has 3 aromatic heterocycles. The van der Waals surface area contributed by atoms with Crippen LogP contribution in [0, 0.1) is 0 Å². The second-order valence-corrected chi connectivity index (χ2v) is 6.34. The molecule has 6 nitrogen and oxygen atoms in total. The van der Waals surface area contributed by atoms with Crippen LogP contribution in [0.15, 0.2) is 22.8 Å². The Hall–Kier alpha value is -1.73. The third-order valence-corrected chi connectivity index (χ3v) is 4.76. The van der Waals surface area contributed by atoms with Gasteiger partial charge in [0.2, 0.25) is 4.96 Å².